The molecular formula is C35H48N4O2. The summed E-state index contributed by atoms with van der Waals surface area (Å²) < 4.78 is 0. The molecule has 0 saturated carbocycles. The number of unbranched alkanes of at least 4 members (excludes halogenated alkanes) is 4. The first-order valence-electron chi connectivity index (χ1n) is 15.7. The quantitative estimate of drug-likeness (QED) is 0.144. The molecule has 0 amide bonds. The Morgan fingerprint density at radius 3 is 1.29 bits per heavy atom. The lowest BCUT2D eigenvalue weighted by molar-refractivity contribution is 0.477. The van der Waals surface area contributed by atoms with Crippen LogP contribution in [0.5, 0.6) is 11.5 Å². The van der Waals surface area contributed by atoms with Gasteiger partial charge < -0.3 is 20.0 Å². The van der Waals surface area contributed by atoms with Crippen molar-refractivity contribution in [1.29, 1.82) is 0 Å². The van der Waals surface area contributed by atoms with E-state index in [1.807, 2.05) is 12.1 Å². The van der Waals surface area contributed by atoms with Crippen LogP contribution < -0.4 is 9.80 Å². The third-order valence-corrected chi connectivity index (χ3v) is 8.05. The van der Waals surface area contributed by atoms with Crippen LogP contribution in [-0.2, 0) is 6.42 Å². The van der Waals surface area contributed by atoms with Gasteiger partial charge in [0.15, 0.2) is 11.5 Å². The number of aromatic hydroxyl groups is 2. The molecule has 4 rings (SSSR count). The SMILES string of the molecule is CCCCN(CCCC)c1cc(Cc2cc(N(CCCC)CCCC)c(O)c3ncccc23)c2cccnc2c1O. The second-order valence-electron chi connectivity index (χ2n) is 11.2. The smallest absolute Gasteiger partial charge is 0.165 e. The number of aromatic nitrogens is 2. The molecule has 0 fully saturated rings. The van der Waals surface area contributed by atoms with Gasteiger partial charge in [0, 0.05) is 49.3 Å². The minimum Gasteiger partial charge on any atom is -0.504 e. The Balaban J connectivity index is 1.87. The van der Waals surface area contributed by atoms with Crippen LogP contribution in [0.25, 0.3) is 21.8 Å². The molecule has 4 aromatic rings. The molecular weight excluding hydrogens is 508 g/mol. The van der Waals surface area contributed by atoms with Crippen molar-refractivity contribution in [3.05, 3.63) is 59.9 Å². The molecule has 41 heavy (non-hydrogen) atoms. The summed E-state index contributed by atoms with van der Waals surface area (Å²) in [5, 5.41) is 24.8. The number of rotatable bonds is 16. The number of pyridine rings is 2. The first kappa shape index (κ1) is 30.4. The van der Waals surface area contributed by atoms with Gasteiger partial charge in [-0.05, 0) is 67.5 Å². The highest BCUT2D eigenvalue weighted by Crippen LogP contribution is 2.41. The van der Waals surface area contributed by atoms with Gasteiger partial charge in [-0.25, -0.2) is 0 Å². The van der Waals surface area contributed by atoms with Crippen LogP contribution in [0.3, 0.4) is 0 Å². The third kappa shape index (κ3) is 7.03. The maximum atomic E-state index is 11.4. The standard InChI is InChI=1S/C35H48N4O2/c1-5-9-19-38(20-10-6-2)30-24-26(28-15-13-17-36-32(28)34(30)40)23-27-25-31(39(21-11-7-3)22-12-8-4)35(41)33-29(27)16-14-18-37-33/h13-18,24-25,40-41H,5-12,19-23H2,1-4H3. The van der Waals surface area contributed by atoms with Crippen molar-refractivity contribution in [1.82, 2.24) is 9.97 Å². The van der Waals surface area contributed by atoms with E-state index in [4.69, 9.17) is 0 Å². The fourth-order valence-corrected chi connectivity index (χ4v) is 5.65. The van der Waals surface area contributed by atoms with Crippen LogP contribution in [0.2, 0.25) is 0 Å². The Kier molecular flexibility index (Phi) is 11.1. The number of anilines is 2. The van der Waals surface area contributed by atoms with Crippen molar-refractivity contribution in [3.8, 4) is 11.5 Å². The van der Waals surface area contributed by atoms with Crippen LogP contribution in [0.15, 0.2) is 48.8 Å². The Bertz CT molecular complexity index is 1300. The van der Waals surface area contributed by atoms with Gasteiger partial charge in [-0.3, -0.25) is 9.97 Å². The molecule has 0 radical (unpaired) electrons. The van der Waals surface area contributed by atoms with Gasteiger partial charge in [-0.15, -0.1) is 0 Å². The maximum Gasteiger partial charge on any atom is 0.165 e. The lowest BCUT2D eigenvalue weighted by Gasteiger charge is -2.28. The van der Waals surface area contributed by atoms with Crippen molar-refractivity contribution < 1.29 is 10.2 Å². The van der Waals surface area contributed by atoms with Crippen molar-refractivity contribution in [2.45, 2.75) is 85.5 Å². The zero-order chi connectivity index (χ0) is 29.2. The van der Waals surface area contributed by atoms with Crippen LogP contribution >= 0.6 is 0 Å². The molecule has 2 aromatic carbocycles. The van der Waals surface area contributed by atoms with Crippen LogP contribution in [0.4, 0.5) is 11.4 Å². The summed E-state index contributed by atoms with van der Waals surface area (Å²) in [7, 11) is 0. The number of benzene rings is 2. The molecule has 0 aliphatic heterocycles. The molecule has 0 saturated heterocycles. The molecule has 2 aromatic heterocycles. The molecule has 0 atom stereocenters. The summed E-state index contributed by atoms with van der Waals surface area (Å²) >= 11 is 0. The first-order valence-corrected chi connectivity index (χ1v) is 15.7. The summed E-state index contributed by atoms with van der Waals surface area (Å²) in [6.07, 6.45) is 12.9. The lowest BCUT2D eigenvalue weighted by Crippen LogP contribution is -2.26. The number of nitrogens with zero attached hydrogens (tertiary/aromatic N) is 4. The number of fused-ring (bicyclic) bond motifs is 2. The largest absolute Gasteiger partial charge is 0.504 e. The average molecular weight is 557 g/mol. The van der Waals surface area contributed by atoms with Gasteiger partial charge >= 0.3 is 0 Å². The summed E-state index contributed by atoms with van der Waals surface area (Å²) in [5.41, 5.74) is 5.26. The predicted octanol–water partition coefficient (Wildman–Crippen LogP) is 8.60. The van der Waals surface area contributed by atoms with E-state index in [2.05, 4.69) is 71.7 Å². The minimum atomic E-state index is 0.264. The highest BCUT2D eigenvalue weighted by atomic mass is 16.3. The van der Waals surface area contributed by atoms with Gasteiger partial charge in [0.2, 0.25) is 0 Å². The highest BCUT2D eigenvalue weighted by Gasteiger charge is 2.21. The van der Waals surface area contributed by atoms with Gasteiger partial charge in [0.05, 0.1) is 11.4 Å². The predicted molar refractivity (Wildman–Crippen MR) is 174 cm³/mol. The number of hydrogen-bond donors (Lipinski definition) is 2. The molecule has 0 unspecified atom stereocenters. The van der Waals surface area contributed by atoms with E-state index in [1.165, 1.54) is 0 Å². The molecule has 0 spiro atoms. The van der Waals surface area contributed by atoms with Gasteiger partial charge in [-0.2, -0.15) is 0 Å². The van der Waals surface area contributed by atoms with Gasteiger partial charge in [0.1, 0.15) is 11.0 Å². The van der Waals surface area contributed by atoms with E-state index in [-0.39, 0.29) is 11.5 Å². The van der Waals surface area contributed by atoms with E-state index in [0.717, 1.165) is 111 Å². The van der Waals surface area contributed by atoms with Crippen molar-refractivity contribution >= 4 is 33.2 Å². The first-order chi connectivity index (χ1) is 20.0. The van der Waals surface area contributed by atoms with E-state index in [0.29, 0.717) is 17.5 Å². The molecule has 6 nitrogen and oxygen atoms in total. The molecule has 6 heteroatoms. The second-order valence-corrected chi connectivity index (χ2v) is 11.2. The summed E-state index contributed by atoms with van der Waals surface area (Å²) in [6.45, 7) is 12.4. The topological polar surface area (TPSA) is 72.7 Å². The highest BCUT2D eigenvalue weighted by molar-refractivity contribution is 5.96. The van der Waals surface area contributed by atoms with E-state index >= 15 is 0 Å². The fourth-order valence-electron chi connectivity index (χ4n) is 5.65. The Morgan fingerprint density at radius 1 is 0.585 bits per heavy atom. The lowest BCUT2D eigenvalue weighted by atomic mass is 9.95. The normalized spacial score (nSPS) is 11.4. The van der Waals surface area contributed by atoms with Crippen LogP contribution in [0.1, 0.15) is 90.2 Å². The fraction of sp³-hybridized carbons (Fsp3) is 0.486. The van der Waals surface area contributed by atoms with E-state index in [9.17, 15) is 10.2 Å². The van der Waals surface area contributed by atoms with E-state index < -0.39 is 0 Å². The number of phenolic OH excluding ortho intramolecular Hbond substituents is 2. The van der Waals surface area contributed by atoms with Crippen molar-refractivity contribution in [3.63, 3.8) is 0 Å². The molecule has 0 bridgehead atoms. The number of phenols is 2. The molecule has 220 valence electrons. The third-order valence-electron chi connectivity index (χ3n) is 8.05. The average Bonchev–Trinajstić information content (AvgIpc) is 3.00. The van der Waals surface area contributed by atoms with Crippen LogP contribution in [0, 0.1) is 0 Å². The summed E-state index contributed by atoms with van der Waals surface area (Å²) in [5.74, 6) is 0.527. The monoisotopic (exact) mass is 556 g/mol. The van der Waals surface area contributed by atoms with Crippen molar-refractivity contribution in [2.24, 2.45) is 0 Å². The summed E-state index contributed by atoms with van der Waals surface area (Å²) in [4.78, 5) is 13.9. The second kappa shape index (κ2) is 14.9. The molecule has 2 N–H and O–H groups in total. The molecule has 2 heterocycles. The van der Waals surface area contributed by atoms with Crippen LogP contribution in [-0.4, -0.2) is 46.4 Å². The minimum absolute atomic E-state index is 0.264. The Hall–Kier alpha value is -3.54. The Morgan fingerprint density at radius 2 is 0.951 bits per heavy atom. The Labute approximate surface area is 246 Å². The summed E-state index contributed by atoms with van der Waals surface area (Å²) in [6, 6.07) is 12.3. The van der Waals surface area contributed by atoms with Crippen molar-refractivity contribution in [2.75, 3.05) is 36.0 Å². The van der Waals surface area contributed by atoms with Gasteiger partial charge in [-0.1, -0.05) is 65.5 Å². The zero-order valence-corrected chi connectivity index (χ0v) is 25.5. The molecule has 0 aliphatic rings. The maximum absolute atomic E-state index is 11.4. The van der Waals surface area contributed by atoms with Gasteiger partial charge in [0.25, 0.3) is 0 Å². The zero-order valence-electron chi connectivity index (χ0n) is 25.5. The number of hydrogen-bond acceptors (Lipinski definition) is 6. The van der Waals surface area contributed by atoms with E-state index in [1.54, 1.807) is 12.4 Å². The molecule has 0 aliphatic carbocycles.